The minimum absolute atomic E-state index is 0.0610. The lowest BCUT2D eigenvalue weighted by atomic mass is 9.71. The van der Waals surface area contributed by atoms with Crippen molar-refractivity contribution in [2.24, 2.45) is 17.8 Å². The van der Waals surface area contributed by atoms with E-state index in [2.05, 4.69) is 6.92 Å². The molecule has 16 heavy (non-hydrogen) atoms. The smallest absolute Gasteiger partial charge is 0.0600 e. The maximum atomic E-state index is 10.5. The largest absolute Gasteiger partial charge is 0.393 e. The Labute approximate surface area is 99.4 Å². The van der Waals surface area contributed by atoms with Crippen LogP contribution in [0.15, 0.2) is 0 Å². The van der Waals surface area contributed by atoms with Crippen LogP contribution in [0.25, 0.3) is 0 Å². The Balaban J connectivity index is 1.92. The highest BCUT2D eigenvalue weighted by Gasteiger charge is 2.34. The van der Waals surface area contributed by atoms with Gasteiger partial charge in [-0.05, 0) is 37.0 Å². The van der Waals surface area contributed by atoms with Crippen molar-refractivity contribution in [1.29, 1.82) is 0 Å². The quantitative estimate of drug-likeness (QED) is 0.801. The van der Waals surface area contributed by atoms with Gasteiger partial charge in [0.1, 0.15) is 0 Å². The topological polar surface area (TPSA) is 29.5 Å². The third-order valence-electron chi connectivity index (χ3n) is 4.68. The van der Waals surface area contributed by atoms with Crippen LogP contribution in [0.2, 0.25) is 0 Å². The molecule has 2 aliphatic rings. The van der Waals surface area contributed by atoms with Crippen molar-refractivity contribution in [2.45, 2.75) is 58.0 Å². The Morgan fingerprint density at radius 3 is 2.50 bits per heavy atom. The van der Waals surface area contributed by atoms with Gasteiger partial charge in [0, 0.05) is 13.2 Å². The number of aliphatic hydroxyl groups is 1. The predicted octanol–water partition coefficient (Wildman–Crippen LogP) is 2.99. The van der Waals surface area contributed by atoms with Gasteiger partial charge in [-0.3, -0.25) is 0 Å². The summed E-state index contributed by atoms with van der Waals surface area (Å²) in [6, 6.07) is 0. The normalized spacial score (nSPS) is 34.9. The molecule has 1 heterocycles. The first-order chi connectivity index (χ1) is 7.83. The van der Waals surface area contributed by atoms with Crippen LogP contribution in [-0.4, -0.2) is 24.4 Å². The molecule has 2 fully saturated rings. The fraction of sp³-hybridized carbons (Fsp3) is 1.00. The fourth-order valence-corrected chi connectivity index (χ4v) is 3.60. The second kappa shape index (κ2) is 6.02. The average molecular weight is 226 g/mol. The summed E-state index contributed by atoms with van der Waals surface area (Å²) >= 11 is 0. The zero-order valence-electron chi connectivity index (χ0n) is 10.5. The Bertz CT molecular complexity index is 199. The Kier molecular flexibility index (Phi) is 4.66. The monoisotopic (exact) mass is 226 g/mol. The lowest BCUT2D eigenvalue weighted by Gasteiger charge is -2.39. The highest BCUT2D eigenvalue weighted by Crippen LogP contribution is 2.38. The predicted molar refractivity (Wildman–Crippen MR) is 65.3 cm³/mol. The second-order valence-corrected chi connectivity index (χ2v) is 5.56. The lowest BCUT2D eigenvalue weighted by molar-refractivity contribution is -0.0409. The highest BCUT2D eigenvalue weighted by molar-refractivity contribution is 4.84. The molecule has 0 spiro atoms. The van der Waals surface area contributed by atoms with Crippen molar-refractivity contribution in [3.8, 4) is 0 Å². The van der Waals surface area contributed by atoms with Crippen molar-refractivity contribution in [1.82, 2.24) is 0 Å². The highest BCUT2D eigenvalue weighted by atomic mass is 16.5. The van der Waals surface area contributed by atoms with E-state index < -0.39 is 0 Å². The van der Waals surface area contributed by atoms with E-state index >= 15 is 0 Å². The van der Waals surface area contributed by atoms with E-state index in [1.807, 2.05) is 0 Å². The van der Waals surface area contributed by atoms with Gasteiger partial charge in [0.15, 0.2) is 0 Å². The third kappa shape index (κ3) is 2.78. The molecule has 3 unspecified atom stereocenters. The SMILES string of the molecule is CCC1CCCCC1C(O)C1CCOCC1. The summed E-state index contributed by atoms with van der Waals surface area (Å²) in [5.41, 5.74) is 0. The van der Waals surface area contributed by atoms with Crippen LogP contribution in [0.1, 0.15) is 51.9 Å². The average Bonchev–Trinajstić information content (AvgIpc) is 2.39. The Hall–Kier alpha value is -0.0800. The summed E-state index contributed by atoms with van der Waals surface area (Å²) in [5.74, 6) is 1.85. The van der Waals surface area contributed by atoms with Crippen LogP contribution in [0.4, 0.5) is 0 Å². The van der Waals surface area contributed by atoms with E-state index in [-0.39, 0.29) is 6.10 Å². The molecule has 1 aliphatic heterocycles. The standard InChI is InChI=1S/C14H26O2/c1-2-11-5-3-4-6-13(11)14(15)12-7-9-16-10-8-12/h11-15H,2-10H2,1H3. The number of ether oxygens (including phenoxy) is 1. The van der Waals surface area contributed by atoms with Crippen LogP contribution in [0, 0.1) is 17.8 Å². The van der Waals surface area contributed by atoms with Crippen LogP contribution in [0.3, 0.4) is 0 Å². The van der Waals surface area contributed by atoms with Gasteiger partial charge in [-0.2, -0.15) is 0 Å². The lowest BCUT2D eigenvalue weighted by Crippen LogP contribution is -2.38. The summed E-state index contributed by atoms with van der Waals surface area (Å²) in [6.07, 6.45) is 8.58. The number of hydrogen-bond acceptors (Lipinski definition) is 2. The van der Waals surface area contributed by atoms with E-state index in [4.69, 9.17) is 4.74 Å². The minimum Gasteiger partial charge on any atom is -0.393 e. The van der Waals surface area contributed by atoms with E-state index in [0.29, 0.717) is 11.8 Å². The van der Waals surface area contributed by atoms with Gasteiger partial charge in [0.25, 0.3) is 0 Å². The van der Waals surface area contributed by atoms with Gasteiger partial charge in [0.2, 0.25) is 0 Å². The molecule has 2 heteroatoms. The van der Waals surface area contributed by atoms with Crippen LogP contribution < -0.4 is 0 Å². The molecule has 94 valence electrons. The van der Waals surface area contributed by atoms with Gasteiger partial charge < -0.3 is 9.84 Å². The zero-order valence-corrected chi connectivity index (χ0v) is 10.5. The maximum Gasteiger partial charge on any atom is 0.0600 e. The Morgan fingerprint density at radius 1 is 1.12 bits per heavy atom. The van der Waals surface area contributed by atoms with Crippen LogP contribution >= 0.6 is 0 Å². The number of hydrogen-bond donors (Lipinski definition) is 1. The molecule has 2 nitrogen and oxygen atoms in total. The second-order valence-electron chi connectivity index (χ2n) is 5.56. The molecule has 1 aliphatic carbocycles. The summed E-state index contributed by atoms with van der Waals surface area (Å²) in [6.45, 7) is 3.98. The number of rotatable bonds is 3. The Morgan fingerprint density at radius 2 is 1.81 bits per heavy atom. The van der Waals surface area contributed by atoms with Crippen molar-refractivity contribution >= 4 is 0 Å². The fourth-order valence-electron chi connectivity index (χ4n) is 3.60. The summed E-state index contributed by atoms with van der Waals surface area (Å²) in [5, 5.41) is 10.5. The van der Waals surface area contributed by atoms with Gasteiger partial charge in [-0.15, -0.1) is 0 Å². The van der Waals surface area contributed by atoms with E-state index in [1.54, 1.807) is 0 Å². The van der Waals surface area contributed by atoms with E-state index in [1.165, 1.54) is 32.1 Å². The molecule has 1 saturated carbocycles. The molecular weight excluding hydrogens is 200 g/mol. The number of aliphatic hydroxyl groups excluding tert-OH is 1. The first-order valence-corrected chi connectivity index (χ1v) is 7.08. The van der Waals surface area contributed by atoms with Crippen LogP contribution in [0.5, 0.6) is 0 Å². The van der Waals surface area contributed by atoms with Gasteiger partial charge in [-0.1, -0.05) is 32.6 Å². The zero-order chi connectivity index (χ0) is 11.4. The van der Waals surface area contributed by atoms with Crippen molar-refractivity contribution in [3.63, 3.8) is 0 Å². The molecule has 0 amide bonds. The van der Waals surface area contributed by atoms with Crippen molar-refractivity contribution in [3.05, 3.63) is 0 Å². The molecule has 0 aromatic heterocycles. The molecule has 0 aromatic carbocycles. The molecule has 0 bridgehead atoms. The molecular formula is C14H26O2. The summed E-state index contributed by atoms with van der Waals surface area (Å²) < 4.78 is 5.38. The molecule has 0 radical (unpaired) electrons. The van der Waals surface area contributed by atoms with Crippen molar-refractivity contribution < 1.29 is 9.84 Å². The summed E-state index contributed by atoms with van der Waals surface area (Å²) in [4.78, 5) is 0. The van der Waals surface area contributed by atoms with Gasteiger partial charge in [-0.25, -0.2) is 0 Å². The van der Waals surface area contributed by atoms with E-state index in [9.17, 15) is 5.11 Å². The first kappa shape index (κ1) is 12.4. The van der Waals surface area contributed by atoms with Gasteiger partial charge >= 0.3 is 0 Å². The molecule has 1 saturated heterocycles. The van der Waals surface area contributed by atoms with Crippen molar-refractivity contribution in [2.75, 3.05) is 13.2 Å². The molecule has 0 aromatic rings. The third-order valence-corrected chi connectivity index (χ3v) is 4.68. The van der Waals surface area contributed by atoms with E-state index in [0.717, 1.165) is 32.0 Å². The molecule has 3 atom stereocenters. The summed E-state index contributed by atoms with van der Waals surface area (Å²) in [7, 11) is 0. The van der Waals surface area contributed by atoms with Crippen LogP contribution in [-0.2, 0) is 4.74 Å². The minimum atomic E-state index is -0.0610. The maximum absolute atomic E-state index is 10.5. The molecule has 2 rings (SSSR count). The first-order valence-electron chi connectivity index (χ1n) is 7.08. The molecule has 1 N–H and O–H groups in total. The van der Waals surface area contributed by atoms with Gasteiger partial charge in [0.05, 0.1) is 6.10 Å².